The molecular weight excluding hydrogens is 362 g/mol. The van der Waals surface area contributed by atoms with Gasteiger partial charge in [0.05, 0.1) is 5.57 Å². The van der Waals surface area contributed by atoms with Crippen molar-refractivity contribution < 1.29 is 24.3 Å². The van der Waals surface area contributed by atoms with Crippen molar-refractivity contribution in [3.8, 4) is 0 Å². The number of nitrogens with zero attached hydrogens (tertiary/aromatic N) is 1. The molecule has 4 amide bonds. The highest BCUT2D eigenvalue weighted by Crippen LogP contribution is 2.48. The second kappa shape index (κ2) is 5.66. The molecule has 2 heterocycles. The number of Topliss-reactive ketones (excluding diaryl/α,β-unsaturated/α-hetero) is 1. The Hall–Kier alpha value is -3.68. The van der Waals surface area contributed by atoms with E-state index in [4.69, 9.17) is 0 Å². The first-order chi connectivity index (χ1) is 13.1. The molecule has 1 saturated heterocycles. The van der Waals surface area contributed by atoms with Gasteiger partial charge in [0.15, 0.2) is 5.76 Å². The Morgan fingerprint density at radius 2 is 1.61 bits per heavy atom. The lowest BCUT2D eigenvalue weighted by molar-refractivity contribution is -0.125. The van der Waals surface area contributed by atoms with Gasteiger partial charge in [-0.25, -0.2) is 4.79 Å². The number of aliphatic hydroxyl groups excluding tert-OH is 1. The molecule has 0 atom stereocenters. The lowest BCUT2D eigenvalue weighted by atomic mass is 9.78. The molecule has 0 saturated carbocycles. The van der Waals surface area contributed by atoms with Crippen molar-refractivity contribution in [3.63, 3.8) is 0 Å². The van der Waals surface area contributed by atoms with E-state index < -0.39 is 40.4 Å². The van der Waals surface area contributed by atoms with Crippen LogP contribution in [-0.2, 0) is 19.8 Å². The Morgan fingerprint density at radius 1 is 1.00 bits per heavy atom. The zero-order chi connectivity index (χ0) is 20.4. The van der Waals surface area contributed by atoms with E-state index in [1.165, 1.54) is 0 Å². The van der Waals surface area contributed by atoms with Crippen LogP contribution in [0.5, 0.6) is 0 Å². The minimum Gasteiger partial charge on any atom is -0.504 e. The standard InChI is InChI=1S/C20H17N3O5/c1-20(2)10-6-4-5-7-11(10)23(3)12(20)8-9-13(16(25)15(9)24)14-17(26)21-19(28)22-18(14)27/h4-8,24H,1-3H3,(H2,21,22,26,27,28). The first kappa shape index (κ1) is 17.7. The number of benzene rings is 1. The van der Waals surface area contributed by atoms with Gasteiger partial charge in [0.1, 0.15) is 5.57 Å². The quantitative estimate of drug-likeness (QED) is 0.501. The molecule has 0 aromatic heterocycles. The molecule has 8 nitrogen and oxygen atoms in total. The molecule has 0 radical (unpaired) electrons. The molecule has 2 aliphatic heterocycles. The molecule has 3 N–H and O–H groups in total. The third kappa shape index (κ3) is 2.24. The number of ketones is 1. The number of aliphatic hydroxyl groups is 1. The van der Waals surface area contributed by atoms with Crippen LogP contribution < -0.4 is 15.5 Å². The minimum absolute atomic E-state index is 0.0994. The Balaban J connectivity index is 1.85. The van der Waals surface area contributed by atoms with E-state index in [1.807, 2.05) is 60.7 Å². The number of amides is 4. The lowest BCUT2D eigenvalue weighted by Crippen LogP contribution is -2.52. The molecule has 28 heavy (non-hydrogen) atoms. The SMILES string of the molecule is CN1C(=CC2=C(O)C(=O)C2=C2C(=O)NC(=O)NC2=O)C(C)(C)c2ccccc21. The molecule has 0 spiro atoms. The Morgan fingerprint density at radius 3 is 2.21 bits per heavy atom. The maximum atomic E-state index is 12.2. The summed E-state index contributed by atoms with van der Waals surface area (Å²) >= 11 is 0. The molecule has 1 aromatic rings. The molecule has 1 fully saturated rings. The van der Waals surface area contributed by atoms with E-state index in [2.05, 4.69) is 0 Å². The van der Waals surface area contributed by atoms with Gasteiger partial charge >= 0.3 is 6.03 Å². The van der Waals surface area contributed by atoms with Gasteiger partial charge in [-0.1, -0.05) is 32.0 Å². The zero-order valence-corrected chi connectivity index (χ0v) is 15.4. The van der Waals surface area contributed by atoms with Gasteiger partial charge in [-0.3, -0.25) is 25.0 Å². The second-order valence-electron chi connectivity index (χ2n) is 7.31. The number of imide groups is 2. The summed E-state index contributed by atoms with van der Waals surface area (Å²) in [5.74, 6) is -3.27. The Kier molecular flexibility index (Phi) is 3.58. The van der Waals surface area contributed by atoms with Gasteiger partial charge in [-0.05, 0) is 17.7 Å². The van der Waals surface area contributed by atoms with Crippen LogP contribution >= 0.6 is 0 Å². The van der Waals surface area contributed by atoms with Crippen molar-refractivity contribution in [2.75, 3.05) is 11.9 Å². The Bertz CT molecular complexity index is 1070. The number of carbonyl (C=O) groups is 4. The van der Waals surface area contributed by atoms with Crippen LogP contribution in [0.15, 0.2) is 58.5 Å². The smallest absolute Gasteiger partial charge is 0.328 e. The maximum absolute atomic E-state index is 12.2. The van der Waals surface area contributed by atoms with Crippen LogP contribution in [0.2, 0.25) is 0 Å². The monoisotopic (exact) mass is 379 g/mol. The van der Waals surface area contributed by atoms with Gasteiger partial charge in [-0.2, -0.15) is 0 Å². The molecule has 0 unspecified atom stereocenters. The number of anilines is 1. The Labute approximate surface area is 160 Å². The predicted octanol–water partition coefficient (Wildman–Crippen LogP) is 1.36. The fourth-order valence-electron chi connectivity index (χ4n) is 3.90. The molecule has 3 aliphatic rings. The van der Waals surface area contributed by atoms with Crippen molar-refractivity contribution in [2.24, 2.45) is 0 Å². The summed E-state index contributed by atoms with van der Waals surface area (Å²) in [6.07, 6.45) is 1.61. The fourth-order valence-corrected chi connectivity index (χ4v) is 3.90. The first-order valence-electron chi connectivity index (χ1n) is 8.59. The third-order valence-corrected chi connectivity index (χ3v) is 5.35. The van der Waals surface area contributed by atoms with E-state index in [-0.39, 0.29) is 11.1 Å². The average molecular weight is 379 g/mol. The molecule has 8 heteroatoms. The van der Waals surface area contributed by atoms with E-state index in [0.29, 0.717) is 0 Å². The number of allylic oxidation sites excluding steroid dienone is 4. The molecular formula is C20H17N3O5. The number of barbiturate groups is 1. The number of carbonyl (C=O) groups excluding carboxylic acids is 4. The topological polar surface area (TPSA) is 116 Å². The number of nitrogens with one attached hydrogen (secondary N) is 2. The van der Waals surface area contributed by atoms with Crippen LogP contribution in [0.3, 0.4) is 0 Å². The van der Waals surface area contributed by atoms with Crippen molar-refractivity contribution in [1.82, 2.24) is 10.6 Å². The summed E-state index contributed by atoms with van der Waals surface area (Å²) in [6.45, 7) is 4.01. The highest BCUT2D eigenvalue weighted by atomic mass is 16.3. The third-order valence-electron chi connectivity index (χ3n) is 5.35. The number of urea groups is 1. The predicted molar refractivity (Wildman–Crippen MR) is 99.3 cm³/mol. The van der Waals surface area contributed by atoms with Crippen LogP contribution in [0.4, 0.5) is 10.5 Å². The number of para-hydroxylation sites is 1. The van der Waals surface area contributed by atoms with Crippen LogP contribution in [0.25, 0.3) is 0 Å². The largest absolute Gasteiger partial charge is 0.504 e. The van der Waals surface area contributed by atoms with Gasteiger partial charge in [0, 0.05) is 29.4 Å². The number of hydrogen-bond donors (Lipinski definition) is 3. The van der Waals surface area contributed by atoms with E-state index in [0.717, 1.165) is 16.9 Å². The molecule has 0 bridgehead atoms. The van der Waals surface area contributed by atoms with Gasteiger partial charge in [-0.15, -0.1) is 0 Å². The van der Waals surface area contributed by atoms with Crippen molar-refractivity contribution >= 4 is 29.3 Å². The first-order valence-corrected chi connectivity index (χ1v) is 8.59. The summed E-state index contributed by atoms with van der Waals surface area (Å²) in [5.41, 5.74) is 1.83. The van der Waals surface area contributed by atoms with Gasteiger partial charge in [0.25, 0.3) is 11.8 Å². The van der Waals surface area contributed by atoms with Gasteiger partial charge in [0.2, 0.25) is 5.78 Å². The molecule has 142 valence electrons. The van der Waals surface area contributed by atoms with Crippen LogP contribution in [0.1, 0.15) is 19.4 Å². The number of likely N-dealkylation sites (N-methyl/N-ethyl adjacent to an activating group) is 1. The molecule has 1 aromatic carbocycles. The zero-order valence-electron chi connectivity index (χ0n) is 15.4. The highest BCUT2D eigenvalue weighted by molar-refractivity contribution is 6.35. The van der Waals surface area contributed by atoms with E-state index in [1.54, 1.807) is 6.08 Å². The fraction of sp³-hybridized carbons (Fsp3) is 0.200. The summed E-state index contributed by atoms with van der Waals surface area (Å²) in [4.78, 5) is 49.7. The minimum atomic E-state index is -0.970. The number of fused-ring (bicyclic) bond motifs is 1. The maximum Gasteiger partial charge on any atom is 0.328 e. The summed E-state index contributed by atoms with van der Waals surface area (Å²) < 4.78 is 0. The van der Waals surface area contributed by atoms with Gasteiger partial charge < -0.3 is 10.0 Å². The molecule has 4 rings (SSSR count). The van der Waals surface area contributed by atoms with Crippen molar-refractivity contribution in [3.05, 3.63) is 64.1 Å². The van der Waals surface area contributed by atoms with Crippen molar-refractivity contribution in [1.29, 1.82) is 0 Å². The van der Waals surface area contributed by atoms with Crippen LogP contribution in [-0.4, -0.2) is 35.8 Å². The number of rotatable bonds is 1. The second-order valence-corrected chi connectivity index (χ2v) is 7.31. The van der Waals surface area contributed by atoms with Crippen molar-refractivity contribution in [2.45, 2.75) is 19.3 Å². The normalized spacial score (nSPS) is 22.4. The summed E-state index contributed by atoms with van der Waals surface area (Å²) in [7, 11) is 1.86. The lowest BCUT2D eigenvalue weighted by Gasteiger charge is -2.28. The summed E-state index contributed by atoms with van der Waals surface area (Å²) in [5, 5.41) is 14.0. The van der Waals surface area contributed by atoms with E-state index in [9.17, 15) is 24.3 Å². The highest BCUT2D eigenvalue weighted by Gasteiger charge is 2.44. The average Bonchev–Trinajstić information content (AvgIpc) is 2.83. The van der Waals surface area contributed by atoms with Crippen LogP contribution in [0, 0.1) is 0 Å². The van der Waals surface area contributed by atoms with E-state index >= 15 is 0 Å². The molecule has 1 aliphatic carbocycles. The summed E-state index contributed by atoms with van der Waals surface area (Å²) in [6, 6.07) is 6.86. The number of hydrogen-bond acceptors (Lipinski definition) is 6.